The Kier molecular flexibility index (Phi) is 5.18. The molecule has 150 valence electrons. The minimum absolute atomic E-state index is 0.566. The van der Waals surface area contributed by atoms with Gasteiger partial charge >= 0.3 is 0 Å². The van der Waals surface area contributed by atoms with Gasteiger partial charge in [-0.1, -0.05) is 94.3 Å². The Hall–Kier alpha value is -3.21. The molecule has 5 rings (SSSR count). The van der Waals surface area contributed by atoms with Crippen molar-refractivity contribution in [2.45, 2.75) is 0 Å². The van der Waals surface area contributed by atoms with E-state index in [0.29, 0.717) is 16.4 Å². The molecule has 31 heavy (non-hydrogen) atoms. The minimum Gasteiger partial charge on any atom is -0.338 e. The molecule has 1 heterocycles. The van der Waals surface area contributed by atoms with Crippen LogP contribution in [-0.4, -0.2) is 16.3 Å². The van der Waals surface area contributed by atoms with Crippen LogP contribution in [0.5, 0.6) is 0 Å². The van der Waals surface area contributed by atoms with Gasteiger partial charge in [0.25, 0.3) is 0 Å². The van der Waals surface area contributed by atoms with E-state index in [9.17, 15) is 4.79 Å². The summed E-state index contributed by atoms with van der Waals surface area (Å²) >= 11 is 10.2. The summed E-state index contributed by atoms with van der Waals surface area (Å²) in [7, 11) is 0. The first-order valence-corrected chi connectivity index (χ1v) is 10.9. The van der Waals surface area contributed by atoms with Crippen molar-refractivity contribution in [1.29, 1.82) is 0 Å². The summed E-state index contributed by atoms with van der Waals surface area (Å²) in [6.07, 6.45) is 0.833. The van der Waals surface area contributed by atoms with Crippen LogP contribution in [0.3, 0.4) is 0 Å². The number of hydrogen-bond donors (Lipinski definition) is 1. The maximum atomic E-state index is 11.5. The largest absolute Gasteiger partial charge is 0.338 e. The molecule has 0 aliphatic rings. The smallest absolute Gasteiger partial charge is 0.150 e. The van der Waals surface area contributed by atoms with Crippen LogP contribution < -0.4 is 0 Å². The Morgan fingerprint density at radius 2 is 1.55 bits per heavy atom. The molecule has 0 bridgehead atoms. The maximum absolute atomic E-state index is 11.5. The Morgan fingerprint density at radius 1 is 0.839 bits per heavy atom. The van der Waals surface area contributed by atoms with Crippen LogP contribution in [0.25, 0.3) is 44.7 Å². The molecule has 0 saturated carbocycles. The number of nitrogens with zero attached hydrogens (tertiary/aromatic N) is 1. The molecule has 1 aromatic heterocycles. The topological polar surface area (TPSA) is 45.8 Å². The van der Waals surface area contributed by atoms with Gasteiger partial charge in [-0.2, -0.15) is 0 Å². The van der Waals surface area contributed by atoms with Gasteiger partial charge in [0.05, 0.1) is 16.1 Å². The lowest BCUT2D eigenvalue weighted by atomic mass is 10.00. The molecule has 0 spiro atoms. The number of carbonyl (C=O) groups excluding carboxylic acids is 1. The Morgan fingerprint density at radius 3 is 2.29 bits per heavy atom. The fourth-order valence-corrected chi connectivity index (χ4v) is 4.57. The summed E-state index contributed by atoms with van der Waals surface area (Å²) < 4.78 is 0.805. The van der Waals surface area contributed by atoms with E-state index in [1.54, 1.807) is 6.07 Å². The summed E-state index contributed by atoms with van der Waals surface area (Å²) in [6.45, 7) is 0. The summed E-state index contributed by atoms with van der Waals surface area (Å²) in [4.78, 5) is 19.5. The second kappa shape index (κ2) is 8.14. The quantitative estimate of drug-likeness (QED) is 0.263. The number of hydrogen-bond acceptors (Lipinski definition) is 2. The standard InChI is InChI=1S/C26H16BrClN2O/c27-21-8-4-7-19(15-31)25(21)26-29-23-13-20(22(28)14-24(23)30-26)18-11-9-17(10-12-18)16-5-2-1-3-6-16/h1-15H,(H,29,30). The molecule has 1 N–H and O–H groups in total. The van der Waals surface area contributed by atoms with E-state index >= 15 is 0 Å². The summed E-state index contributed by atoms with van der Waals surface area (Å²) in [5.74, 6) is 0.622. The van der Waals surface area contributed by atoms with Crippen LogP contribution in [0.4, 0.5) is 0 Å². The summed E-state index contributed by atoms with van der Waals surface area (Å²) in [5, 5.41) is 0.637. The lowest BCUT2D eigenvalue weighted by Crippen LogP contribution is -1.90. The van der Waals surface area contributed by atoms with E-state index < -0.39 is 0 Å². The van der Waals surface area contributed by atoms with Crippen molar-refractivity contribution in [2.24, 2.45) is 0 Å². The number of carbonyl (C=O) groups is 1. The molecule has 0 unspecified atom stereocenters. The van der Waals surface area contributed by atoms with Crippen LogP contribution in [-0.2, 0) is 0 Å². The predicted octanol–water partition coefficient (Wildman–Crippen LogP) is 7.79. The molecule has 0 amide bonds. The maximum Gasteiger partial charge on any atom is 0.150 e. The van der Waals surface area contributed by atoms with E-state index in [1.807, 2.05) is 42.5 Å². The van der Waals surface area contributed by atoms with Crippen molar-refractivity contribution in [3.8, 4) is 33.6 Å². The zero-order chi connectivity index (χ0) is 21.4. The molecular formula is C26H16BrClN2O. The third-order valence-electron chi connectivity index (χ3n) is 5.28. The first kappa shape index (κ1) is 19.7. The average Bonchev–Trinajstić information content (AvgIpc) is 3.21. The fraction of sp³-hybridized carbons (Fsp3) is 0. The van der Waals surface area contributed by atoms with Crippen LogP contribution in [0.2, 0.25) is 5.02 Å². The van der Waals surface area contributed by atoms with Gasteiger partial charge in [0.1, 0.15) is 5.82 Å². The molecule has 0 fully saturated rings. The monoisotopic (exact) mass is 486 g/mol. The zero-order valence-electron chi connectivity index (χ0n) is 16.3. The highest BCUT2D eigenvalue weighted by Crippen LogP contribution is 2.35. The normalized spacial score (nSPS) is 11.0. The third-order valence-corrected chi connectivity index (χ3v) is 6.26. The van der Waals surface area contributed by atoms with Crippen molar-refractivity contribution in [3.63, 3.8) is 0 Å². The van der Waals surface area contributed by atoms with Gasteiger partial charge < -0.3 is 4.98 Å². The number of halogens is 2. The lowest BCUT2D eigenvalue weighted by Gasteiger charge is -2.07. The zero-order valence-corrected chi connectivity index (χ0v) is 18.6. The fourth-order valence-electron chi connectivity index (χ4n) is 3.73. The van der Waals surface area contributed by atoms with Gasteiger partial charge in [0.15, 0.2) is 6.29 Å². The Labute approximate surface area is 192 Å². The van der Waals surface area contributed by atoms with Gasteiger partial charge in [-0.05, 0) is 34.9 Å². The summed E-state index contributed by atoms with van der Waals surface area (Å²) in [6, 6.07) is 27.9. The van der Waals surface area contributed by atoms with E-state index in [4.69, 9.17) is 16.6 Å². The second-order valence-electron chi connectivity index (χ2n) is 7.20. The molecule has 4 aromatic carbocycles. The van der Waals surface area contributed by atoms with Gasteiger partial charge in [0.2, 0.25) is 0 Å². The van der Waals surface area contributed by atoms with E-state index in [0.717, 1.165) is 44.0 Å². The third kappa shape index (κ3) is 3.69. The highest BCUT2D eigenvalue weighted by atomic mass is 79.9. The number of imidazole rings is 1. The highest BCUT2D eigenvalue weighted by Gasteiger charge is 2.15. The number of fused-ring (bicyclic) bond motifs is 1. The van der Waals surface area contributed by atoms with E-state index in [2.05, 4.69) is 57.3 Å². The number of aldehydes is 1. The summed E-state index contributed by atoms with van der Waals surface area (Å²) in [5.41, 5.74) is 7.16. The van der Waals surface area contributed by atoms with Crippen molar-refractivity contribution < 1.29 is 4.79 Å². The number of nitrogens with one attached hydrogen (secondary N) is 1. The predicted molar refractivity (Wildman–Crippen MR) is 130 cm³/mol. The molecule has 5 aromatic rings. The molecule has 0 radical (unpaired) electrons. The number of aromatic nitrogens is 2. The van der Waals surface area contributed by atoms with Crippen molar-refractivity contribution in [1.82, 2.24) is 9.97 Å². The van der Waals surface area contributed by atoms with Crippen molar-refractivity contribution >= 4 is 44.9 Å². The van der Waals surface area contributed by atoms with Gasteiger partial charge in [0, 0.05) is 21.2 Å². The average molecular weight is 488 g/mol. The first-order valence-electron chi connectivity index (χ1n) is 9.73. The van der Waals surface area contributed by atoms with Crippen LogP contribution >= 0.6 is 27.5 Å². The SMILES string of the molecule is O=Cc1cccc(Br)c1-c1nc2cc(-c3ccc(-c4ccccc4)cc3)c(Cl)cc2[nH]1. The molecule has 3 nitrogen and oxygen atoms in total. The molecule has 5 heteroatoms. The highest BCUT2D eigenvalue weighted by molar-refractivity contribution is 9.10. The molecule has 0 atom stereocenters. The van der Waals surface area contributed by atoms with Crippen LogP contribution in [0.15, 0.2) is 89.4 Å². The van der Waals surface area contributed by atoms with Crippen LogP contribution in [0, 0.1) is 0 Å². The van der Waals surface area contributed by atoms with Crippen LogP contribution in [0.1, 0.15) is 10.4 Å². The molecular weight excluding hydrogens is 472 g/mol. The van der Waals surface area contributed by atoms with Gasteiger partial charge in [-0.25, -0.2) is 4.98 Å². The number of rotatable bonds is 4. The first-order chi connectivity index (χ1) is 15.1. The van der Waals surface area contributed by atoms with E-state index in [-0.39, 0.29) is 0 Å². The molecule has 0 aliphatic heterocycles. The van der Waals surface area contributed by atoms with Gasteiger partial charge in [-0.3, -0.25) is 4.79 Å². The Bertz CT molecular complexity index is 1410. The number of aromatic amines is 1. The van der Waals surface area contributed by atoms with Crippen molar-refractivity contribution in [3.05, 3.63) is 100.0 Å². The number of benzene rings is 4. The van der Waals surface area contributed by atoms with Crippen molar-refractivity contribution in [2.75, 3.05) is 0 Å². The second-order valence-corrected chi connectivity index (χ2v) is 8.46. The number of H-pyrrole nitrogens is 1. The molecule has 0 saturated heterocycles. The van der Waals surface area contributed by atoms with E-state index in [1.165, 1.54) is 5.56 Å². The lowest BCUT2D eigenvalue weighted by molar-refractivity contribution is 0.112. The Balaban J connectivity index is 1.57. The minimum atomic E-state index is 0.566. The van der Waals surface area contributed by atoms with Gasteiger partial charge in [-0.15, -0.1) is 0 Å². The molecule has 0 aliphatic carbocycles.